The van der Waals surface area contributed by atoms with E-state index in [9.17, 15) is 13.2 Å². The minimum atomic E-state index is -3.63. The molecule has 48 heavy (non-hydrogen) atoms. The van der Waals surface area contributed by atoms with Gasteiger partial charge in [-0.3, -0.25) is 0 Å². The Bertz CT molecular complexity index is 1760. The summed E-state index contributed by atoms with van der Waals surface area (Å²) in [5.74, 6) is 1.15. The number of anilines is 1. The Morgan fingerprint density at radius 1 is 1.08 bits per heavy atom. The van der Waals surface area contributed by atoms with Crippen molar-refractivity contribution in [2.24, 2.45) is 17.8 Å². The van der Waals surface area contributed by atoms with Gasteiger partial charge in [-0.25, -0.2) is 23.2 Å². The molecule has 4 aliphatic rings. The van der Waals surface area contributed by atoms with E-state index >= 15 is 0 Å². The van der Waals surface area contributed by atoms with Gasteiger partial charge in [0, 0.05) is 43.0 Å². The molecule has 0 saturated heterocycles. The van der Waals surface area contributed by atoms with Crippen LogP contribution in [0.25, 0.3) is 0 Å². The lowest BCUT2D eigenvalue weighted by atomic mass is 9.65. The normalized spacial score (nSPS) is 27.5. The molecular weight excluding hydrogens is 650 g/mol. The quantitative estimate of drug-likeness (QED) is 0.194. The Hall–Kier alpha value is -3.21. The molecule has 1 aliphatic heterocycles. The molecule has 256 valence electrons. The van der Waals surface area contributed by atoms with Crippen LogP contribution in [0.2, 0.25) is 5.02 Å². The van der Waals surface area contributed by atoms with Crippen LogP contribution >= 0.6 is 11.6 Å². The van der Waals surface area contributed by atoms with Crippen LogP contribution in [0.4, 0.5) is 5.69 Å². The minimum absolute atomic E-state index is 0.0472. The fourth-order valence-corrected chi connectivity index (χ4v) is 10.8. The maximum absolute atomic E-state index is 13.5. The summed E-state index contributed by atoms with van der Waals surface area (Å²) in [7, 11) is -0.452. The van der Waals surface area contributed by atoms with Crippen LogP contribution in [-0.2, 0) is 31.1 Å². The van der Waals surface area contributed by atoms with E-state index in [2.05, 4.69) is 27.0 Å². The molecule has 2 saturated carbocycles. The van der Waals surface area contributed by atoms with Gasteiger partial charge in [-0.05, 0) is 117 Å². The third kappa shape index (κ3) is 6.20. The largest absolute Gasteiger partial charge is 0.490 e. The highest BCUT2D eigenvalue weighted by atomic mass is 35.5. The van der Waals surface area contributed by atoms with Crippen LogP contribution in [0.15, 0.2) is 60.0 Å². The van der Waals surface area contributed by atoms with Crippen molar-refractivity contribution < 1.29 is 27.4 Å². The molecule has 0 N–H and O–H groups in total. The molecule has 0 amide bonds. The Morgan fingerprint density at radius 3 is 2.67 bits per heavy atom. The predicted octanol–water partition coefficient (Wildman–Crippen LogP) is 6.46. The molecule has 2 aromatic carbocycles. The number of nitrogens with zero attached hydrogens (tertiary/aromatic N) is 3. The average molecular weight is 694 g/mol. The second-order valence-electron chi connectivity index (χ2n) is 14.1. The van der Waals surface area contributed by atoms with Crippen molar-refractivity contribution >= 4 is 33.1 Å². The summed E-state index contributed by atoms with van der Waals surface area (Å²) in [6.45, 7) is 2.07. The molecule has 3 aromatic rings. The van der Waals surface area contributed by atoms with Gasteiger partial charge < -0.3 is 19.1 Å². The zero-order valence-electron chi connectivity index (χ0n) is 27.6. The topological polar surface area (TPSA) is 108 Å². The molecule has 2 fully saturated rings. The van der Waals surface area contributed by atoms with Crippen molar-refractivity contribution in [2.75, 3.05) is 38.8 Å². The lowest BCUT2D eigenvalue weighted by molar-refractivity contribution is -0.0589. The molecule has 0 radical (unpaired) electrons. The van der Waals surface area contributed by atoms with Crippen molar-refractivity contribution in [3.63, 3.8) is 0 Å². The molecular formula is C37H44ClN3O6S. The summed E-state index contributed by atoms with van der Waals surface area (Å²) in [6.07, 6.45) is 11.0. The van der Waals surface area contributed by atoms with E-state index in [4.69, 9.17) is 25.8 Å². The van der Waals surface area contributed by atoms with E-state index in [-0.39, 0.29) is 28.6 Å². The molecule has 1 aromatic heterocycles. The number of hydrogen-bond acceptors (Lipinski definition) is 9. The SMILES string of the molecule is COC(=O)c1ccc2c(c1)N(C[C@@H]1CC[C@H]1C(OC)[C@H]1CCC[C@H](S(=O)(=O)c3ncccn3)C1)C[C@@]1(CCCc3cc(Cl)ccc31)CO2. The van der Waals surface area contributed by atoms with Crippen LogP contribution in [0, 0.1) is 17.8 Å². The second kappa shape index (κ2) is 13.6. The van der Waals surface area contributed by atoms with E-state index in [0.29, 0.717) is 36.8 Å². The number of carbonyl (C=O) groups excluding carboxylic acids is 1. The number of fused-ring (bicyclic) bond motifs is 3. The highest BCUT2D eigenvalue weighted by Gasteiger charge is 2.47. The number of esters is 1. The molecule has 1 unspecified atom stereocenters. The van der Waals surface area contributed by atoms with Crippen molar-refractivity contribution in [1.82, 2.24) is 9.97 Å². The molecule has 3 aliphatic carbocycles. The van der Waals surface area contributed by atoms with E-state index in [1.54, 1.807) is 19.2 Å². The molecule has 7 rings (SSSR count). The fourth-order valence-electron chi connectivity index (χ4n) is 8.96. The first kappa shape index (κ1) is 33.3. The maximum Gasteiger partial charge on any atom is 0.337 e. The first-order chi connectivity index (χ1) is 23.2. The van der Waals surface area contributed by atoms with Crippen molar-refractivity contribution in [3.8, 4) is 5.75 Å². The van der Waals surface area contributed by atoms with Gasteiger partial charge in [0.05, 0.1) is 36.3 Å². The maximum atomic E-state index is 13.5. The summed E-state index contributed by atoms with van der Waals surface area (Å²) in [5, 5.41) is 0.154. The number of sulfone groups is 1. The van der Waals surface area contributed by atoms with Crippen LogP contribution in [-0.4, -0.2) is 69.6 Å². The van der Waals surface area contributed by atoms with Crippen LogP contribution < -0.4 is 9.64 Å². The van der Waals surface area contributed by atoms with Gasteiger partial charge >= 0.3 is 5.97 Å². The number of aromatic nitrogens is 2. The molecule has 6 atom stereocenters. The number of halogens is 1. The Kier molecular flexibility index (Phi) is 9.43. The number of rotatable bonds is 8. The van der Waals surface area contributed by atoms with E-state index in [1.807, 2.05) is 18.2 Å². The highest BCUT2D eigenvalue weighted by Crippen LogP contribution is 2.48. The van der Waals surface area contributed by atoms with Gasteiger partial charge in [0.2, 0.25) is 15.0 Å². The van der Waals surface area contributed by atoms with Crippen molar-refractivity contribution in [3.05, 3.63) is 76.6 Å². The first-order valence-corrected chi connectivity index (χ1v) is 19.1. The van der Waals surface area contributed by atoms with Gasteiger partial charge in [0.15, 0.2) is 0 Å². The van der Waals surface area contributed by atoms with Gasteiger partial charge in [-0.15, -0.1) is 0 Å². The average Bonchev–Trinajstić information content (AvgIpc) is 3.25. The number of aryl methyl sites for hydroxylation is 1. The lowest BCUT2D eigenvalue weighted by Gasteiger charge is -2.48. The van der Waals surface area contributed by atoms with Gasteiger partial charge in [-0.1, -0.05) is 24.1 Å². The van der Waals surface area contributed by atoms with Gasteiger partial charge in [0.25, 0.3) is 0 Å². The summed E-state index contributed by atoms with van der Waals surface area (Å²) in [5.41, 5.74) is 3.74. The zero-order valence-corrected chi connectivity index (χ0v) is 29.2. The summed E-state index contributed by atoms with van der Waals surface area (Å²) >= 11 is 6.45. The lowest BCUT2D eigenvalue weighted by Crippen LogP contribution is -2.51. The fraction of sp³-hybridized carbons (Fsp3) is 0.541. The molecule has 2 heterocycles. The number of ether oxygens (including phenoxy) is 3. The van der Waals surface area contributed by atoms with E-state index in [0.717, 1.165) is 74.5 Å². The third-order valence-corrected chi connectivity index (χ3v) is 13.7. The van der Waals surface area contributed by atoms with E-state index < -0.39 is 15.1 Å². The summed E-state index contributed by atoms with van der Waals surface area (Å²) in [6, 6.07) is 13.5. The van der Waals surface area contributed by atoms with Gasteiger partial charge in [-0.2, -0.15) is 0 Å². The van der Waals surface area contributed by atoms with Crippen LogP contribution in [0.1, 0.15) is 72.9 Å². The first-order valence-electron chi connectivity index (χ1n) is 17.1. The minimum Gasteiger partial charge on any atom is -0.490 e. The highest BCUT2D eigenvalue weighted by molar-refractivity contribution is 7.91. The third-order valence-electron chi connectivity index (χ3n) is 11.5. The zero-order chi connectivity index (χ0) is 33.5. The van der Waals surface area contributed by atoms with Crippen LogP contribution in [0.3, 0.4) is 0 Å². The monoisotopic (exact) mass is 693 g/mol. The predicted molar refractivity (Wildman–Crippen MR) is 184 cm³/mol. The Labute approximate surface area is 288 Å². The second-order valence-corrected chi connectivity index (χ2v) is 16.7. The standard InChI is InChI=1S/C37H44ClN3O6S/c1-45-34(25-6-3-8-29(19-25)48(43,44)36-39-16-5-17-40-36)30-12-9-27(30)21-41-22-37(15-4-7-24-18-28(38)11-13-31(24)37)23-47-33-14-10-26(20-32(33)41)35(42)46-2/h5,10-11,13-14,16-18,20,25,27,29-30,34H,3-4,6-9,12,15,19,21-23H2,1-2H3/t25-,27-,29-,30+,34?,37-/m0/s1. The number of hydrogen-bond donors (Lipinski definition) is 0. The van der Waals surface area contributed by atoms with E-state index in [1.165, 1.54) is 30.6 Å². The smallest absolute Gasteiger partial charge is 0.337 e. The summed E-state index contributed by atoms with van der Waals surface area (Å²) in [4.78, 5) is 23.2. The molecule has 0 bridgehead atoms. The molecule has 9 nitrogen and oxygen atoms in total. The van der Waals surface area contributed by atoms with Crippen LogP contribution in [0.5, 0.6) is 5.75 Å². The van der Waals surface area contributed by atoms with Crippen molar-refractivity contribution in [1.29, 1.82) is 0 Å². The van der Waals surface area contributed by atoms with Gasteiger partial charge in [0.1, 0.15) is 5.75 Å². The van der Waals surface area contributed by atoms with Crippen molar-refractivity contribution in [2.45, 2.75) is 79.7 Å². The molecule has 1 spiro atoms. The molecule has 11 heteroatoms. The number of carbonyl (C=O) groups is 1. The summed E-state index contributed by atoms with van der Waals surface area (Å²) < 4.78 is 45.0. The number of methoxy groups -OCH3 is 2. The Morgan fingerprint density at radius 2 is 1.92 bits per heavy atom. The number of benzene rings is 2. The Balaban J connectivity index is 1.16.